The number of sulfonamides is 1. The van der Waals surface area contributed by atoms with Crippen molar-refractivity contribution in [2.75, 3.05) is 13.1 Å². The average Bonchev–Trinajstić information content (AvgIpc) is 3.00. The minimum absolute atomic E-state index is 0.210. The number of nitrogens with zero attached hydrogens (tertiary/aromatic N) is 6. The van der Waals surface area contributed by atoms with Gasteiger partial charge in [0.25, 0.3) is 0 Å². The van der Waals surface area contributed by atoms with Crippen LogP contribution in [0.15, 0.2) is 18.7 Å². The van der Waals surface area contributed by atoms with Gasteiger partial charge in [0.05, 0.1) is 29.5 Å². The molecule has 9 nitrogen and oxygen atoms in total. The number of aromatic amines is 1. The minimum atomic E-state index is -3.21. The number of nitrogens with one attached hydrogen (secondary N) is 1. The summed E-state index contributed by atoms with van der Waals surface area (Å²) in [6.45, 7) is 0.577. The van der Waals surface area contributed by atoms with Crippen LogP contribution in [0.5, 0.6) is 0 Å². The predicted octanol–water partition coefficient (Wildman–Crippen LogP) is 0.0850. The molecule has 23 heavy (non-hydrogen) atoms. The highest BCUT2D eigenvalue weighted by Gasteiger charge is 2.53. The molecule has 0 unspecified atom stereocenters. The zero-order valence-corrected chi connectivity index (χ0v) is 13.1. The zero-order valence-electron chi connectivity index (χ0n) is 12.3. The highest BCUT2D eigenvalue weighted by molar-refractivity contribution is 7.90. The number of nitriles is 1. The Hall–Kier alpha value is -2.25. The Morgan fingerprint density at radius 1 is 1.43 bits per heavy atom. The molecule has 1 saturated heterocycles. The van der Waals surface area contributed by atoms with E-state index in [0.29, 0.717) is 5.82 Å². The highest BCUT2D eigenvalue weighted by atomic mass is 32.2. The number of rotatable bonds is 5. The molecule has 1 aliphatic carbocycles. The van der Waals surface area contributed by atoms with Gasteiger partial charge in [0.2, 0.25) is 10.0 Å². The first-order valence-corrected chi connectivity index (χ1v) is 8.82. The summed E-state index contributed by atoms with van der Waals surface area (Å²) < 4.78 is 27.7. The van der Waals surface area contributed by atoms with Gasteiger partial charge in [0.15, 0.2) is 5.82 Å². The van der Waals surface area contributed by atoms with Crippen molar-refractivity contribution in [2.45, 2.75) is 30.1 Å². The molecule has 0 spiro atoms. The second-order valence-corrected chi connectivity index (χ2v) is 8.29. The van der Waals surface area contributed by atoms with E-state index in [1.807, 2.05) is 0 Å². The Morgan fingerprint density at radius 3 is 2.83 bits per heavy atom. The molecule has 1 aliphatic heterocycles. The van der Waals surface area contributed by atoms with Crippen LogP contribution in [0.25, 0.3) is 11.4 Å². The largest absolute Gasteiger partial charge is 0.262 e. The maximum Gasteiger partial charge on any atom is 0.217 e. The SMILES string of the molecule is N#CCC1(n2cc(-c3ncn[nH]3)cn2)CN(S(=O)(=O)C2CC2)C1. The highest BCUT2D eigenvalue weighted by Crippen LogP contribution is 2.40. The Bertz CT molecular complexity index is 855. The van der Waals surface area contributed by atoms with Crippen molar-refractivity contribution < 1.29 is 8.42 Å². The second-order valence-electron chi connectivity index (χ2n) is 6.08. The van der Waals surface area contributed by atoms with E-state index >= 15 is 0 Å². The molecule has 2 aromatic rings. The van der Waals surface area contributed by atoms with Gasteiger partial charge < -0.3 is 0 Å². The van der Waals surface area contributed by atoms with E-state index in [2.05, 4.69) is 26.3 Å². The third-order valence-electron chi connectivity index (χ3n) is 4.41. The Morgan fingerprint density at radius 2 is 2.22 bits per heavy atom. The van der Waals surface area contributed by atoms with Gasteiger partial charge in [-0.1, -0.05) is 0 Å². The fourth-order valence-corrected chi connectivity index (χ4v) is 4.89. The molecule has 0 aromatic carbocycles. The molecule has 1 saturated carbocycles. The van der Waals surface area contributed by atoms with E-state index in [0.717, 1.165) is 18.4 Å². The summed E-state index contributed by atoms with van der Waals surface area (Å²) in [5.74, 6) is 0.588. The summed E-state index contributed by atoms with van der Waals surface area (Å²) in [7, 11) is -3.21. The van der Waals surface area contributed by atoms with E-state index in [1.54, 1.807) is 17.1 Å². The first-order valence-electron chi connectivity index (χ1n) is 7.32. The number of hydrogen-bond donors (Lipinski definition) is 1. The van der Waals surface area contributed by atoms with Gasteiger partial charge in [-0.2, -0.15) is 19.8 Å². The van der Waals surface area contributed by atoms with Gasteiger partial charge >= 0.3 is 0 Å². The molecule has 4 rings (SSSR count). The molecule has 2 fully saturated rings. The minimum Gasteiger partial charge on any atom is -0.262 e. The Balaban J connectivity index is 1.59. The van der Waals surface area contributed by atoms with Crippen LogP contribution < -0.4 is 0 Å². The second kappa shape index (κ2) is 4.87. The molecule has 0 bridgehead atoms. The van der Waals surface area contributed by atoms with E-state index < -0.39 is 15.6 Å². The lowest BCUT2D eigenvalue weighted by atomic mass is 9.89. The van der Waals surface area contributed by atoms with Crippen molar-refractivity contribution in [3.63, 3.8) is 0 Å². The number of aromatic nitrogens is 5. The van der Waals surface area contributed by atoms with E-state index in [1.165, 1.54) is 10.6 Å². The fourth-order valence-electron chi connectivity index (χ4n) is 2.90. The van der Waals surface area contributed by atoms with Crippen LogP contribution >= 0.6 is 0 Å². The molecule has 10 heteroatoms. The lowest BCUT2D eigenvalue weighted by molar-refractivity contribution is 0.0716. The summed E-state index contributed by atoms with van der Waals surface area (Å²) in [4.78, 5) is 4.07. The standard InChI is InChI=1S/C13H15N7O2S/c14-4-3-13(7-19(8-13)23(21,22)11-1-2-11)20-6-10(5-17-20)12-15-9-16-18-12/h5-6,9,11H,1-3,7-8H2,(H,15,16,18). The van der Waals surface area contributed by atoms with Gasteiger partial charge in [0.1, 0.15) is 11.9 Å². The third kappa shape index (κ3) is 2.24. The molecule has 0 atom stereocenters. The molecular formula is C13H15N7O2S. The van der Waals surface area contributed by atoms with E-state index in [-0.39, 0.29) is 24.8 Å². The first kappa shape index (κ1) is 14.3. The van der Waals surface area contributed by atoms with Crippen LogP contribution in [0, 0.1) is 11.3 Å². The lowest BCUT2D eigenvalue weighted by Crippen LogP contribution is -2.64. The zero-order chi connectivity index (χ0) is 16.1. The normalized spacial score (nSPS) is 20.8. The predicted molar refractivity (Wildman–Crippen MR) is 79.3 cm³/mol. The Kier molecular flexibility index (Phi) is 3.04. The van der Waals surface area contributed by atoms with Crippen LogP contribution in [-0.2, 0) is 15.6 Å². The summed E-state index contributed by atoms with van der Waals surface area (Å²) in [5, 5.41) is 19.8. The van der Waals surface area contributed by atoms with Crippen LogP contribution in [0.2, 0.25) is 0 Å². The van der Waals surface area contributed by atoms with Gasteiger partial charge in [-0.25, -0.2) is 13.4 Å². The summed E-state index contributed by atoms with van der Waals surface area (Å²) in [5.41, 5.74) is 0.151. The van der Waals surface area contributed by atoms with Crippen LogP contribution in [-0.4, -0.2) is 56.0 Å². The van der Waals surface area contributed by atoms with Crippen molar-refractivity contribution in [3.05, 3.63) is 18.7 Å². The lowest BCUT2D eigenvalue weighted by Gasteiger charge is -2.48. The molecular weight excluding hydrogens is 318 g/mol. The Labute approximate surface area is 133 Å². The van der Waals surface area contributed by atoms with Crippen molar-refractivity contribution in [1.29, 1.82) is 5.26 Å². The van der Waals surface area contributed by atoms with E-state index in [9.17, 15) is 8.42 Å². The average molecular weight is 333 g/mol. The number of H-pyrrole nitrogens is 1. The van der Waals surface area contributed by atoms with Crippen molar-refractivity contribution in [1.82, 2.24) is 29.3 Å². The first-order chi connectivity index (χ1) is 11.0. The molecule has 120 valence electrons. The monoisotopic (exact) mass is 333 g/mol. The van der Waals surface area contributed by atoms with Gasteiger partial charge in [0, 0.05) is 19.3 Å². The van der Waals surface area contributed by atoms with Gasteiger partial charge in [-0.05, 0) is 12.8 Å². The van der Waals surface area contributed by atoms with Crippen LogP contribution in [0.3, 0.4) is 0 Å². The summed E-state index contributed by atoms with van der Waals surface area (Å²) >= 11 is 0. The molecule has 3 heterocycles. The maximum absolute atomic E-state index is 12.3. The maximum atomic E-state index is 12.3. The van der Waals surface area contributed by atoms with Crippen LogP contribution in [0.1, 0.15) is 19.3 Å². The fraction of sp³-hybridized carbons (Fsp3) is 0.538. The smallest absolute Gasteiger partial charge is 0.217 e. The summed E-state index contributed by atoms with van der Waals surface area (Å²) in [6, 6.07) is 2.15. The molecule has 2 aromatic heterocycles. The quantitative estimate of drug-likeness (QED) is 0.827. The van der Waals surface area contributed by atoms with Crippen molar-refractivity contribution in [3.8, 4) is 17.5 Å². The van der Waals surface area contributed by atoms with Gasteiger partial charge in [-0.15, -0.1) is 0 Å². The molecule has 1 N–H and O–H groups in total. The van der Waals surface area contributed by atoms with E-state index in [4.69, 9.17) is 5.26 Å². The topological polar surface area (TPSA) is 121 Å². The van der Waals surface area contributed by atoms with Crippen molar-refractivity contribution in [2.24, 2.45) is 0 Å². The molecule has 0 radical (unpaired) electrons. The summed E-state index contributed by atoms with van der Waals surface area (Å²) in [6.07, 6.45) is 6.51. The molecule has 0 amide bonds. The number of hydrogen-bond acceptors (Lipinski definition) is 6. The van der Waals surface area contributed by atoms with Crippen LogP contribution in [0.4, 0.5) is 0 Å². The van der Waals surface area contributed by atoms with Crippen molar-refractivity contribution >= 4 is 10.0 Å². The third-order valence-corrected chi connectivity index (χ3v) is 6.70. The molecule has 2 aliphatic rings. The van der Waals surface area contributed by atoms with Gasteiger partial charge in [-0.3, -0.25) is 9.78 Å².